The zero-order valence-electron chi connectivity index (χ0n) is 17.0. The summed E-state index contributed by atoms with van der Waals surface area (Å²) in [5.41, 5.74) is 5.88. The first-order valence-corrected chi connectivity index (χ1v) is 10.1. The van der Waals surface area contributed by atoms with Gasteiger partial charge in [0, 0.05) is 18.1 Å². The minimum Gasteiger partial charge on any atom is -0.322 e. The quantitative estimate of drug-likeness (QED) is 0.491. The van der Waals surface area contributed by atoms with Gasteiger partial charge in [0.25, 0.3) is 5.91 Å². The van der Waals surface area contributed by atoms with E-state index in [4.69, 9.17) is 0 Å². The Morgan fingerprint density at radius 3 is 2.30 bits per heavy atom. The van der Waals surface area contributed by atoms with Crippen LogP contribution in [-0.2, 0) is 19.4 Å². The Balaban J connectivity index is 1.44. The lowest BCUT2D eigenvalue weighted by Gasteiger charge is -2.09. The molecule has 0 aliphatic heterocycles. The maximum atomic E-state index is 12.9. The summed E-state index contributed by atoms with van der Waals surface area (Å²) in [5, 5.41) is 7.46. The number of pyridine rings is 1. The number of carbonyl (C=O) groups is 1. The molecule has 1 amide bonds. The van der Waals surface area contributed by atoms with Crippen LogP contribution in [0.3, 0.4) is 0 Å². The third-order valence-corrected chi connectivity index (χ3v) is 5.07. The molecule has 0 radical (unpaired) electrons. The number of nitrogens with zero attached hydrogens (tertiary/aromatic N) is 3. The predicted octanol–water partition coefficient (Wildman–Crippen LogP) is 4.73. The van der Waals surface area contributed by atoms with Gasteiger partial charge in [-0.05, 0) is 53.8 Å². The van der Waals surface area contributed by atoms with Crippen molar-refractivity contribution in [2.75, 3.05) is 5.32 Å². The SMILES string of the molecule is CCc1c(C(=O)Nc2ccc(Cc3ccncc3)cc2)cnn1Cc1ccccc1. The largest absolute Gasteiger partial charge is 0.322 e. The molecule has 0 fully saturated rings. The minimum atomic E-state index is -0.131. The van der Waals surface area contributed by atoms with Crippen LogP contribution >= 0.6 is 0 Å². The summed E-state index contributed by atoms with van der Waals surface area (Å²) in [6, 6.07) is 22.1. The summed E-state index contributed by atoms with van der Waals surface area (Å²) in [4.78, 5) is 16.9. The van der Waals surface area contributed by atoms with Gasteiger partial charge in [0.2, 0.25) is 0 Å². The second-order valence-corrected chi connectivity index (χ2v) is 7.19. The molecule has 0 bridgehead atoms. The predicted molar refractivity (Wildman–Crippen MR) is 119 cm³/mol. The van der Waals surface area contributed by atoms with E-state index in [9.17, 15) is 4.79 Å². The van der Waals surface area contributed by atoms with Crippen molar-refractivity contribution in [2.45, 2.75) is 26.3 Å². The normalized spacial score (nSPS) is 10.7. The number of rotatable bonds is 7. The Kier molecular flexibility index (Phi) is 5.99. The molecule has 2 heterocycles. The molecule has 0 atom stereocenters. The van der Waals surface area contributed by atoms with Crippen LogP contribution in [0.25, 0.3) is 0 Å². The van der Waals surface area contributed by atoms with Crippen molar-refractivity contribution in [3.05, 3.63) is 113 Å². The second kappa shape index (κ2) is 9.18. The van der Waals surface area contributed by atoms with E-state index < -0.39 is 0 Å². The third kappa shape index (κ3) is 4.63. The molecule has 5 nitrogen and oxygen atoms in total. The molecular weight excluding hydrogens is 372 g/mol. The molecule has 0 aliphatic carbocycles. The lowest BCUT2D eigenvalue weighted by Crippen LogP contribution is -2.15. The highest BCUT2D eigenvalue weighted by molar-refractivity contribution is 6.04. The van der Waals surface area contributed by atoms with Crippen molar-refractivity contribution in [3.8, 4) is 0 Å². The molecule has 5 heteroatoms. The summed E-state index contributed by atoms with van der Waals surface area (Å²) in [6.07, 6.45) is 6.83. The molecule has 4 rings (SSSR count). The lowest BCUT2D eigenvalue weighted by molar-refractivity contribution is 0.102. The van der Waals surface area contributed by atoms with Gasteiger partial charge >= 0.3 is 0 Å². The van der Waals surface area contributed by atoms with Gasteiger partial charge in [-0.15, -0.1) is 0 Å². The summed E-state index contributed by atoms with van der Waals surface area (Å²) in [5.74, 6) is -0.131. The molecule has 1 N–H and O–H groups in total. The van der Waals surface area contributed by atoms with Gasteiger partial charge < -0.3 is 5.32 Å². The Morgan fingerprint density at radius 1 is 0.900 bits per heavy atom. The number of amides is 1. The first kappa shape index (κ1) is 19.6. The van der Waals surface area contributed by atoms with Gasteiger partial charge in [-0.1, -0.05) is 49.4 Å². The van der Waals surface area contributed by atoms with Crippen molar-refractivity contribution in [1.29, 1.82) is 0 Å². The van der Waals surface area contributed by atoms with E-state index in [0.717, 1.165) is 29.8 Å². The summed E-state index contributed by atoms with van der Waals surface area (Å²) >= 11 is 0. The molecule has 0 saturated carbocycles. The van der Waals surface area contributed by atoms with E-state index in [1.807, 2.05) is 66.2 Å². The van der Waals surface area contributed by atoms with Crippen LogP contribution in [-0.4, -0.2) is 20.7 Å². The Hall–Kier alpha value is -3.73. The van der Waals surface area contributed by atoms with Crippen LogP contribution in [0.4, 0.5) is 5.69 Å². The first-order chi connectivity index (χ1) is 14.7. The number of aromatic nitrogens is 3. The van der Waals surface area contributed by atoms with Crippen molar-refractivity contribution in [3.63, 3.8) is 0 Å². The van der Waals surface area contributed by atoms with E-state index in [1.165, 1.54) is 11.1 Å². The molecule has 0 spiro atoms. The van der Waals surface area contributed by atoms with Crippen molar-refractivity contribution in [2.24, 2.45) is 0 Å². The molecule has 150 valence electrons. The molecule has 4 aromatic rings. The highest BCUT2D eigenvalue weighted by Crippen LogP contribution is 2.17. The van der Waals surface area contributed by atoms with E-state index in [0.29, 0.717) is 12.1 Å². The molecule has 0 unspecified atom stereocenters. The van der Waals surface area contributed by atoms with Crippen molar-refractivity contribution < 1.29 is 4.79 Å². The van der Waals surface area contributed by atoms with E-state index in [-0.39, 0.29) is 5.91 Å². The number of anilines is 1. The minimum absolute atomic E-state index is 0.131. The maximum Gasteiger partial charge on any atom is 0.259 e. The highest BCUT2D eigenvalue weighted by Gasteiger charge is 2.16. The maximum absolute atomic E-state index is 12.9. The van der Waals surface area contributed by atoms with Crippen molar-refractivity contribution >= 4 is 11.6 Å². The van der Waals surface area contributed by atoms with Gasteiger partial charge in [-0.25, -0.2) is 0 Å². The van der Waals surface area contributed by atoms with Crippen LogP contribution in [0.5, 0.6) is 0 Å². The number of hydrogen-bond donors (Lipinski definition) is 1. The van der Waals surface area contributed by atoms with Crippen LogP contribution in [0, 0.1) is 0 Å². The molecule has 0 saturated heterocycles. The van der Waals surface area contributed by atoms with Crippen LogP contribution in [0.15, 0.2) is 85.3 Å². The standard InChI is InChI=1S/C25H24N4O/c1-2-24-23(17-27-29(24)18-21-6-4-3-5-7-21)25(30)28-22-10-8-19(9-11-22)16-20-12-14-26-15-13-20/h3-15,17H,2,16,18H2,1H3,(H,28,30). The van der Waals surface area contributed by atoms with E-state index in [2.05, 4.69) is 27.5 Å². The fourth-order valence-corrected chi connectivity index (χ4v) is 3.51. The molecule has 2 aromatic carbocycles. The van der Waals surface area contributed by atoms with Gasteiger partial charge in [0.05, 0.1) is 24.0 Å². The smallest absolute Gasteiger partial charge is 0.259 e. The van der Waals surface area contributed by atoms with E-state index in [1.54, 1.807) is 18.6 Å². The monoisotopic (exact) mass is 396 g/mol. The molecule has 30 heavy (non-hydrogen) atoms. The molecule has 2 aromatic heterocycles. The summed E-state index contributed by atoms with van der Waals surface area (Å²) in [7, 11) is 0. The van der Waals surface area contributed by atoms with Crippen LogP contribution in [0.2, 0.25) is 0 Å². The second-order valence-electron chi connectivity index (χ2n) is 7.19. The molecular formula is C25H24N4O. The summed E-state index contributed by atoms with van der Waals surface area (Å²) < 4.78 is 1.90. The van der Waals surface area contributed by atoms with Crippen molar-refractivity contribution in [1.82, 2.24) is 14.8 Å². The average molecular weight is 396 g/mol. The topological polar surface area (TPSA) is 59.8 Å². The van der Waals surface area contributed by atoms with Gasteiger partial charge in [0.15, 0.2) is 0 Å². The number of nitrogens with one attached hydrogen (secondary N) is 1. The average Bonchev–Trinajstić information content (AvgIpc) is 3.19. The first-order valence-electron chi connectivity index (χ1n) is 10.1. The number of benzene rings is 2. The van der Waals surface area contributed by atoms with Crippen LogP contribution in [0.1, 0.15) is 39.7 Å². The fraction of sp³-hybridized carbons (Fsp3) is 0.160. The Bertz CT molecular complexity index is 1100. The zero-order valence-corrected chi connectivity index (χ0v) is 17.0. The third-order valence-electron chi connectivity index (χ3n) is 5.07. The number of carbonyl (C=O) groups excluding carboxylic acids is 1. The van der Waals surface area contributed by atoms with Crippen LogP contribution < -0.4 is 5.32 Å². The lowest BCUT2D eigenvalue weighted by atomic mass is 10.1. The van der Waals surface area contributed by atoms with Gasteiger partial charge in [0.1, 0.15) is 0 Å². The highest BCUT2D eigenvalue weighted by atomic mass is 16.1. The molecule has 0 aliphatic rings. The van der Waals surface area contributed by atoms with Gasteiger partial charge in [-0.2, -0.15) is 5.10 Å². The fourth-order valence-electron chi connectivity index (χ4n) is 3.51. The summed E-state index contributed by atoms with van der Waals surface area (Å²) in [6.45, 7) is 2.70. The zero-order chi connectivity index (χ0) is 20.8. The number of hydrogen-bond acceptors (Lipinski definition) is 3. The Morgan fingerprint density at radius 2 is 1.60 bits per heavy atom. The van der Waals surface area contributed by atoms with Gasteiger partial charge in [-0.3, -0.25) is 14.5 Å². The van der Waals surface area contributed by atoms with E-state index >= 15 is 0 Å². The Labute approximate surface area is 176 Å².